The van der Waals surface area contributed by atoms with Crippen LogP contribution >= 0.6 is 0 Å². The molecule has 3 nitrogen and oxygen atoms in total. The fourth-order valence-electron chi connectivity index (χ4n) is 2.00. The molecule has 0 aromatic heterocycles. The first-order chi connectivity index (χ1) is 6.27. The molecule has 0 aromatic carbocycles. The molecule has 0 aromatic rings. The second kappa shape index (κ2) is 3.54. The standard InChI is InChI=1S/C11H21NO2/c1-10(2,14-5)7-8-6-9(13)12-11(8,3)4/h8H,6-7H2,1-5H3,(H,12,13). The Balaban J connectivity index is 2.66. The molecule has 1 atom stereocenters. The van der Waals surface area contributed by atoms with Gasteiger partial charge < -0.3 is 10.1 Å². The van der Waals surface area contributed by atoms with Gasteiger partial charge in [0.15, 0.2) is 0 Å². The lowest BCUT2D eigenvalue weighted by molar-refractivity contribution is -0.119. The van der Waals surface area contributed by atoms with Gasteiger partial charge >= 0.3 is 0 Å². The van der Waals surface area contributed by atoms with Crippen molar-refractivity contribution in [1.29, 1.82) is 0 Å². The lowest BCUT2D eigenvalue weighted by atomic mass is 9.81. The third-order valence-corrected chi connectivity index (χ3v) is 3.20. The van der Waals surface area contributed by atoms with E-state index in [1.165, 1.54) is 0 Å². The zero-order valence-corrected chi connectivity index (χ0v) is 9.81. The molecule has 1 saturated heterocycles. The summed E-state index contributed by atoms with van der Waals surface area (Å²) >= 11 is 0. The summed E-state index contributed by atoms with van der Waals surface area (Å²) in [5.74, 6) is 0.525. The third-order valence-electron chi connectivity index (χ3n) is 3.20. The van der Waals surface area contributed by atoms with E-state index in [4.69, 9.17) is 4.74 Å². The molecule has 0 aliphatic carbocycles. The van der Waals surface area contributed by atoms with Gasteiger partial charge in [-0.1, -0.05) is 0 Å². The van der Waals surface area contributed by atoms with Gasteiger partial charge in [0.2, 0.25) is 5.91 Å². The quantitative estimate of drug-likeness (QED) is 0.751. The van der Waals surface area contributed by atoms with Gasteiger partial charge in [-0.15, -0.1) is 0 Å². The Morgan fingerprint density at radius 3 is 2.50 bits per heavy atom. The summed E-state index contributed by atoms with van der Waals surface area (Å²) in [5, 5.41) is 3.00. The number of nitrogens with one attached hydrogen (secondary N) is 1. The van der Waals surface area contributed by atoms with Crippen LogP contribution in [0.3, 0.4) is 0 Å². The Hall–Kier alpha value is -0.570. The summed E-state index contributed by atoms with van der Waals surface area (Å²) in [4.78, 5) is 11.3. The molecule has 1 aliphatic rings. The van der Waals surface area contributed by atoms with E-state index in [0.29, 0.717) is 12.3 Å². The van der Waals surface area contributed by atoms with Gasteiger partial charge in [-0.25, -0.2) is 0 Å². The molecular formula is C11H21NO2. The van der Waals surface area contributed by atoms with E-state index in [2.05, 4.69) is 33.0 Å². The topological polar surface area (TPSA) is 38.3 Å². The third kappa shape index (κ3) is 2.47. The normalized spacial score (nSPS) is 26.4. The molecule has 0 saturated carbocycles. The van der Waals surface area contributed by atoms with Crippen molar-refractivity contribution in [3.63, 3.8) is 0 Å². The smallest absolute Gasteiger partial charge is 0.220 e. The van der Waals surface area contributed by atoms with Crippen LogP contribution in [0.25, 0.3) is 0 Å². The zero-order valence-electron chi connectivity index (χ0n) is 9.81. The van der Waals surface area contributed by atoms with Crippen molar-refractivity contribution in [2.24, 2.45) is 5.92 Å². The zero-order chi connectivity index (χ0) is 11.0. The Morgan fingerprint density at radius 1 is 1.57 bits per heavy atom. The maximum atomic E-state index is 11.3. The number of amides is 1. The molecule has 1 heterocycles. The summed E-state index contributed by atoms with van der Waals surface area (Å²) in [5.41, 5.74) is -0.235. The number of hydrogen-bond acceptors (Lipinski definition) is 2. The number of rotatable bonds is 3. The minimum absolute atomic E-state index is 0.0904. The molecule has 0 bridgehead atoms. The Kier molecular flexibility index (Phi) is 2.91. The van der Waals surface area contributed by atoms with Gasteiger partial charge in [-0.3, -0.25) is 4.79 Å². The Morgan fingerprint density at radius 2 is 2.14 bits per heavy atom. The first-order valence-corrected chi connectivity index (χ1v) is 5.13. The summed E-state index contributed by atoms with van der Waals surface area (Å²) in [6.07, 6.45) is 1.54. The minimum atomic E-state index is -0.145. The molecule has 0 spiro atoms. The molecule has 3 heteroatoms. The van der Waals surface area contributed by atoms with Gasteiger partial charge in [0.1, 0.15) is 0 Å². The fourth-order valence-corrected chi connectivity index (χ4v) is 2.00. The van der Waals surface area contributed by atoms with Gasteiger partial charge in [-0.2, -0.15) is 0 Å². The van der Waals surface area contributed by atoms with Crippen molar-refractivity contribution in [2.75, 3.05) is 7.11 Å². The molecule has 14 heavy (non-hydrogen) atoms. The highest BCUT2D eigenvalue weighted by atomic mass is 16.5. The predicted molar refractivity (Wildman–Crippen MR) is 56.0 cm³/mol. The van der Waals surface area contributed by atoms with E-state index in [0.717, 1.165) is 6.42 Å². The maximum absolute atomic E-state index is 11.3. The number of carbonyl (C=O) groups is 1. The van der Waals surface area contributed by atoms with Crippen LogP contribution in [-0.2, 0) is 9.53 Å². The molecule has 0 radical (unpaired) electrons. The average molecular weight is 199 g/mol. The second-order valence-corrected chi connectivity index (χ2v) is 5.34. The first kappa shape index (κ1) is 11.5. The Bertz CT molecular complexity index is 233. The van der Waals surface area contributed by atoms with E-state index in [-0.39, 0.29) is 17.0 Å². The lowest BCUT2D eigenvalue weighted by Gasteiger charge is -2.33. The summed E-state index contributed by atoms with van der Waals surface area (Å²) in [6, 6.07) is 0. The van der Waals surface area contributed by atoms with Crippen LogP contribution in [0.15, 0.2) is 0 Å². The minimum Gasteiger partial charge on any atom is -0.379 e. The van der Waals surface area contributed by atoms with Crippen LogP contribution in [0.1, 0.15) is 40.5 Å². The molecule has 1 N–H and O–H groups in total. The highest BCUT2D eigenvalue weighted by Crippen LogP contribution is 2.34. The molecule has 1 amide bonds. The van der Waals surface area contributed by atoms with Crippen LogP contribution in [0.2, 0.25) is 0 Å². The summed E-state index contributed by atoms with van der Waals surface area (Å²) in [7, 11) is 1.72. The average Bonchev–Trinajstić information content (AvgIpc) is 2.24. The van der Waals surface area contributed by atoms with Crippen molar-refractivity contribution >= 4 is 5.91 Å². The molecular weight excluding hydrogens is 178 g/mol. The first-order valence-electron chi connectivity index (χ1n) is 5.13. The van der Waals surface area contributed by atoms with E-state index in [9.17, 15) is 4.79 Å². The van der Waals surface area contributed by atoms with Crippen LogP contribution in [-0.4, -0.2) is 24.2 Å². The van der Waals surface area contributed by atoms with Crippen LogP contribution < -0.4 is 5.32 Å². The van der Waals surface area contributed by atoms with E-state index >= 15 is 0 Å². The SMILES string of the molecule is COC(C)(C)CC1CC(=O)NC1(C)C. The summed E-state index contributed by atoms with van der Waals surface area (Å²) < 4.78 is 5.39. The van der Waals surface area contributed by atoms with Crippen molar-refractivity contribution < 1.29 is 9.53 Å². The number of hydrogen-bond donors (Lipinski definition) is 1. The molecule has 82 valence electrons. The molecule has 1 aliphatic heterocycles. The van der Waals surface area contributed by atoms with E-state index < -0.39 is 0 Å². The number of carbonyl (C=O) groups excluding carboxylic acids is 1. The van der Waals surface area contributed by atoms with Crippen LogP contribution in [0.5, 0.6) is 0 Å². The van der Waals surface area contributed by atoms with Crippen molar-refractivity contribution in [3.8, 4) is 0 Å². The van der Waals surface area contributed by atoms with Crippen molar-refractivity contribution in [3.05, 3.63) is 0 Å². The van der Waals surface area contributed by atoms with Crippen molar-refractivity contribution in [1.82, 2.24) is 5.32 Å². The van der Waals surface area contributed by atoms with E-state index in [1.807, 2.05) is 0 Å². The van der Waals surface area contributed by atoms with Gasteiger partial charge in [0.25, 0.3) is 0 Å². The highest BCUT2D eigenvalue weighted by Gasteiger charge is 2.41. The fraction of sp³-hybridized carbons (Fsp3) is 0.909. The predicted octanol–water partition coefficient (Wildman–Crippen LogP) is 1.72. The van der Waals surface area contributed by atoms with Gasteiger partial charge in [0.05, 0.1) is 5.60 Å². The maximum Gasteiger partial charge on any atom is 0.220 e. The highest BCUT2D eigenvalue weighted by molar-refractivity contribution is 5.79. The Labute approximate surface area is 86.2 Å². The van der Waals surface area contributed by atoms with Crippen molar-refractivity contribution in [2.45, 2.75) is 51.7 Å². The monoisotopic (exact) mass is 199 g/mol. The lowest BCUT2D eigenvalue weighted by Crippen LogP contribution is -2.42. The second-order valence-electron chi connectivity index (χ2n) is 5.34. The molecule has 1 unspecified atom stereocenters. The van der Waals surface area contributed by atoms with Crippen LogP contribution in [0, 0.1) is 5.92 Å². The molecule has 1 rings (SSSR count). The largest absolute Gasteiger partial charge is 0.379 e. The van der Waals surface area contributed by atoms with E-state index in [1.54, 1.807) is 7.11 Å². The van der Waals surface area contributed by atoms with Gasteiger partial charge in [-0.05, 0) is 40.0 Å². The molecule has 1 fully saturated rings. The van der Waals surface area contributed by atoms with Crippen LogP contribution in [0.4, 0.5) is 0 Å². The summed E-state index contributed by atoms with van der Waals surface area (Å²) in [6.45, 7) is 8.28. The number of methoxy groups -OCH3 is 1. The van der Waals surface area contributed by atoms with Gasteiger partial charge in [0, 0.05) is 19.1 Å². The number of ether oxygens (including phenoxy) is 1.